The molecule has 1 saturated carbocycles. The van der Waals surface area contributed by atoms with Gasteiger partial charge in [0.05, 0.1) is 18.5 Å². The molecule has 0 spiro atoms. The van der Waals surface area contributed by atoms with Crippen molar-refractivity contribution in [2.45, 2.75) is 44.7 Å². The zero-order valence-electron chi connectivity index (χ0n) is 19.2. The van der Waals surface area contributed by atoms with E-state index in [9.17, 15) is 14.4 Å². The fraction of sp³-hybridized carbons (Fsp3) is 0.269. The molecule has 0 bridgehead atoms. The van der Waals surface area contributed by atoms with E-state index in [1.165, 1.54) is 11.3 Å². The van der Waals surface area contributed by atoms with Crippen molar-refractivity contribution in [3.05, 3.63) is 77.4 Å². The van der Waals surface area contributed by atoms with E-state index in [0.29, 0.717) is 11.5 Å². The zero-order chi connectivity index (χ0) is 24.8. The van der Waals surface area contributed by atoms with Gasteiger partial charge in [-0.2, -0.15) is 0 Å². The first-order valence-corrected chi connectivity index (χ1v) is 12.3. The third-order valence-corrected chi connectivity index (χ3v) is 7.03. The van der Waals surface area contributed by atoms with Crippen molar-refractivity contribution in [1.29, 1.82) is 0 Å². The van der Waals surface area contributed by atoms with Crippen LogP contribution in [0, 0.1) is 0 Å². The van der Waals surface area contributed by atoms with Crippen LogP contribution in [-0.2, 0) is 22.6 Å². The molecule has 1 heterocycles. The molecule has 1 aliphatic rings. The Balaban J connectivity index is 1.53. The minimum Gasteiger partial charge on any atom is -0.367 e. The molecule has 8 nitrogen and oxygen atoms in total. The normalized spacial score (nSPS) is 13.6. The van der Waals surface area contributed by atoms with E-state index in [4.69, 9.17) is 16.3 Å². The average molecular weight is 493 g/mol. The molecular formula is C26H28N4O4S. The number of hydrogen-bond donors (Lipinski definition) is 3. The summed E-state index contributed by atoms with van der Waals surface area (Å²) in [4.78, 5) is 42.5. The molecule has 4 rings (SSSR count). The Bertz CT molecular complexity index is 1210. The third kappa shape index (κ3) is 6.46. The van der Waals surface area contributed by atoms with Gasteiger partial charge in [-0.3, -0.25) is 10.1 Å². The van der Waals surface area contributed by atoms with Gasteiger partial charge >= 0.3 is 12.0 Å². The smallest absolute Gasteiger partial charge is 0.329 e. The van der Waals surface area contributed by atoms with E-state index >= 15 is 0 Å². The average Bonchev–Trinajstić information content (AvgIpc) is 3.50. The number of urea groups is 1. The van der Waals surface area contributed by atoms with Crippen LogP contribution in [0.3, 0.4) is 0 Å². The van der Waals surface area contributed by atoms with E-state index in [1.54, 1.807) is 11.1 Å². The number of primary amides is 2. The van der Waals surface area contributed by atoms with Gasteiger partial charge in [0, 0.05) is 10.9 Å². The summed E-state index contributed by atoms with van der Waals surface area (Å²) < 4.78 is 0. The van der Waals surface area contributed by atoms with Crippen molar-refractivity contribution >= 4 is 34.2 Å². The lowest BCUT2D eigenvalue weighted by Gasteiger charge is -2.27. The lowest BCUT2D eigenvalue weighted by Crippen LogP contribution is -2.35. The largest absolute Gasteiger partial charge is 0.367 e. The number of carbonyl (C=O) groups is 3. The van der Waals surface area contributed by atoms with Gasteiger partial charge in [0.15, 0.2) is 0 Å². The number of anilines is 1. The maximum absolute atomic E-state index is 12.7. The first kappa shape index (κ1) is 24.4. The van der Waals surface area contributed by atoms with Crippen LogP contribution in [-0.4, -0.2) is 29.0 Å². The summed E-state index contributed by atoms with van der Waals surface area (Å²) >= 11 is 1.22. The number of hydrogen-bond acceptors (Lipinski definition) is 6. The van der Waals surface area contributed by atoms with Gasteiger partial charge in [-0.1, -0.05) is 61.4 Å². The maximum atomic E-state index is 12.7. The second-order valence-corrected chi connectivity index (χ2v) is 9.60. The van der Waals surface area contributed by atoms with Crippen LogP contribution in [0.5, 0.6) is 0 Å². The number of nitrogens with one attached hydrogen (secondary N) is 1. The van der Waals surface area contributed by atoms with Crippen LogP contribution in [0.25, 0.3) is 10.4 Å². The van der Waals surface area contributed by atoms with Crippen molar-refractivity contribution in [2.24, 2.45) is 11.5 Å². The fourth-order valence-corrected chi connectivity index (χ4v) is 5.34. The van der Waals surface area contributed by atoms with Crippen molar-refractivity contribution in [3.8, 4) is 10.4 Å². The molecule has 9 heteroatoms. The molecule has 35 heavy (non-hydrogen) atoms. The number of nitrogens with two attached hydrogens (primary N) is 2. The van der Waals surface area contributed by atoms with E-state index in [-0.39, 0.29) is 24.0 Å². The Morgan fingerprint density at radius 2 is 1.69 bits per heavy atom. The molecule has 1 aliphatic carbocycles. The molecule has 3 aromatic rings. The molecular weight excluding hydrogens is 464 g/mol. The summed E-state index contributed by atoms with van der Waals surface area (Å²) in [6.45, 7) is 0.444. The van der Waals surface area contributed by atoms with Crippen LogP contribution >= 0.6 is 11.3 Å². The van der Waals surface area contributed by atoms with Gasteiger partial charge in [-0.15, -0.1) is 16.4 Å². The fourth-order valence-electron chi connectivity index (χ4n) is 4.28. The second kappa shape index (κ2) is 11.2. The van der Waals surface area contributed by atoms with E-state index in [2.05, 4.69) is 5.32 Å². The Hall–Kier alpha value is -3.69. The minimum absolute atomic E-state index is 0.174. The topological polar surface area (TPSA) is 128 Å². The third-order valence-electron chi connectivity index (χ3n) is 5.93. The van der Waals surface area contributed by atoms with E-state index < -0.39 is 11.9 Å². The summed E-state index contributed by atoms with van der Waals surface area (Å²) in [6.07, 6.45) is 4.39. The highest BCUT2D eigenvalue weighted by Crippen LogP contribution is 2.36. The zero-order valence-corrected chi connectivity index (χ0v) is 20.1. The molecule has 1 aromatic heterocycles. The Kier molecular flexibility index (Phi) is 7.79. The van der Waals surface area contributed by atoms with E-state index in [1.807, 2.05) is 54.6 Å². The predicted molar refractivity (Wildman–Crippen MR) is 136 cm³/mol. The Morgan fingerprint density at radius 1 is 0.971 bits per heavy atom. The van der Waals surface area contributed by atoms with Crippen molar-refractivity contribution in [2.75, 3.05) is 5.32 Å². The predicted octanol–water partition coefficient (Wildman–Crippen LogP) is 4.45. The van der Waals surface area contributed by atoms with Crippen LogP contribution in [0.1, 0.15) is 47.2 Å². The standard InChI is InChI=1S/C26H28N4O4S/c27-24(32)21-15-22(35-25(21)29-26(28)33)19-10-6-9-18(13-19)16-30(20-11-4-5-12-20)34-23(31)14-17-7-2-1-3-8-17/h1-3,6-10,13,15,20H,4-5,11-12,14,16H2,(H2,27,32)(H3,28,29,33). The minimum atomic E-state index is -0.765. The summed E-state index contributed by atoms with van der Waals surface area (Å²) in [6, 6.07) is 18.4. The number of carbonyl (C=O) groups excluding carboxylic acids is 3. The number of thiophene rings is 1. The SMILES string of the molecule is NC(=O)Nc1sc(-c2cccc(CN(OC(=O)Cc3ccccc3)C3CCCC3)c2)cc1C(N)=O. The molecule has 1 fully saturated rings. The van der Waals surface area contributed by atoms with Gasteiger partial charge in [-0.05, 0) is 41.7 Å². The van der Waals surface area contributed by atoms with Crippen LogP contribution < -0.4 is 16.8 Å². The number of benzene rings is 2. The van der Waals surface area contributed by atoms with Crippen molar-refractivity contribution in [3.63, 3.8) is 0 Å². The molecule has 0 atom stereocenters. The number of hydroxylamine groups is 2. The van der Waals surface area contributed by atoms with Gasteiger partial charge in [0.25, 0.3) is 5.91 Å². The summed E-state index contributed by atoms with van der Waals surface area (Å²) in [5, 5.41) is 4.58. The van der Waals surface area contributed by atoms with Gasteiger partial charge in [0.2, 0.25) is 0 Å². The highest BCUT2D eigenvalue weighted by atomic mass is 32.1. The number of rotatable bonds is 9. The van der Waals surface area contributed by atoms with Crippen LogP contribution in [0.4, 0.5) is 9.80 Å². The first-order chi connectivity index (χ1) is 16.9. The molecule has 182 valence electrons. The van der Waals surface area contributed by atoms with Crippen LogP contribution in [0.15, 0.2) is 60.7 Å². The summed E-state index contributed by atoms with van der Waals surface area (Å²) in [7, 11) is 0. The highest BCUT2D eigenvalue weighted by molar-refractivity contribution is 7.20. The summed E-state index contributed by atoms with van der Waals surface area (Å²) in [5.74, 6) is -0.934. The maximum Gasteiger partial charge on any atom is 0.329 e. The molecule has 0 unspecified atom stereocenters. The molecule has 0 aliphatic heterocycles. The van der Waals surface area contributed by atoms with Gasteiger partial charge in [0.1, 0.15) is 5.00 Å². The lowest BCUT2D eigenvalue weighted by atomic mass is 10.1. The first-order valence-electron chi connectivity index (χ1n) is 11.5. The second-order valence-electron chi connectivity index (χ2n) is 8.55. The highest BCUT2D eigenvalue weighted by Gasteiger charge is 2.26. The number of nitrogens with zero attached hydrogens (tertiary/aromatic N) is 1. The molecule has 0 radical (unpaired) electrons. The molecule has 2 aromatic carbocycles. The summed E-state index contributed by atoms with van der Waals surface area (Å²) in [5.41, 5.74) is 13.6. The number of amides is 3. The quantitative estimate of drug-likeness (QED) is 0.380. The molecule has 3 amide bonds. The van der Waals surface area contributed by atoms with Crippen LogP contribution in [0.2, 0.25) is 0 Å². The molecule has 5 N–H and O–H groups in total. The van der Waals surface area contributed by atoms with Gasteiger partial charge < -0.3 is 16.3 Å². The Morgan fingerprint density at radius 3 is 2.37 bits per heavy atom. The van der Waals surface area contributed by atoms with Gasteiger partial charge in [-0.25, -0.2) is 9.59 Å². The van der Waals surface area contributed by atoms with E-state index in [0.717, 1.165) is 47.3 Å². The molecule has 0 saturated heterocycles. The lowest BCUT2D eigenvalue weighted by molar-refractivity contribution is -0.204. The monoisotopic (exact) mass is 492 g/mol. The van der Waals surface area contributed by atoms with Crippen molar-refractivity contribution in [1.82, 2.24) is 5.06 Å². The van der Waals surface area contributed by atoms with Crippen molar-refractivity contribution < 1.29 is 19.2 Å². The Labute approximate surface area is 207 Å².